The third-order valence-electron chi connectivity index (χ3n) is 3.61. The van der Waals surface area contributed by atoms with E-state index in [1.54, 1.807) is 30.5 Å². The molecule has 0 atom stereocenters. The van der Waals surface area contributed by atoms with Gasteiger partial charge in [0.1, 0.15) is 5.76 Å². The van der Waals surface area contributed by atoms with Crippen LogP contribution < -0.4 is 16.6 Å². The molecule has 1 aromatic rings. The van der Waals surface area contributed by atoms with Crippen LogP contribution in [-0.4, -0.2) is 5.11 Å². The van der Waals surface area contributed by atoms with Crippen LogP contribution in [0, 0.1) is 0 Å². The van der Waals surface area contributed by atoms with Gasteiger partial charge in [-0.25, -0.2) is 5.84 Å². The number of hydrogen-bond donors (Lipinski definition) is 3. The van der Waals surface area contributed by atoms with E-state index in [1.807, 2.05) is 44.2 Å². The van der Waals surface area contributed by atoms with Crippen LogP contribution in [-0.2, 0) is 0 Å². The minimum absolute atomic E-state index is 0.0467. The van der Waals surface area contributed by atoms with Crippen molar-refractivity contribution in [1.82, 2.24) is 0 Å². The molecule has 4 nitrogen and oxygen atoms in total. The lowest BCUT2D eigenvalue weighted by Crippen LogP contribution is -2.26. The first kappa shape index (κ1) is 20.8. The molecule has 26 heavy (non-hydrogen) atoms. The molecule has 0 saturated carbocycles. The number of anilines is 1. The zero-order chi connectivity index (χ0) is 19.7. The smallest absolute Gasteiger partial charge is 0.116 e. The van der Waals surface area contributed by atoms with Gasteiger partial charge in [0.05, 0.1) is 11.4 Å². The Kier molecular flexibility index (Phi) is 7.93. The van der Waals surface area contributed by atoms with Crippen LogP contribution >= 0.6 is 0 Å². The first-order valence-electron chi connectivity index (χ1n) is 8.18. The third kappa shape index (κ3) is 5.13. The summed E-state index contributed by atoms with van der Waals surface area (Å²) in [6, 6.07) is 3.62. The summed E-state index contributed by atoms with van der Waals surface area (Å²) in [4.78, 5) is 0. The molecule has 136 valence electrons. The molecule has 5 N–H and O–H groups in total. The highest BCUT2D eigenvalue weighted by Crippen LogP contribution is 2.29. The number of hydrazine groups is 1. The van der Waals surface area contributed by atoms with E-state index in [4.69, 9.17) is 11.6 Å². The van der Waals surface area contributed by atoms with Crippen LogP contribution in [0.4, 0.5) is 5.69 Å². The molecule has 0 unspecified atom stereocenters. The van der Waals surface area contributed by atoms with Crippen molar-refractivity contribution >= 4 is 23.6 Å². The van der Waals surface area contributed by atoms with Gasteiger partial charge in [0.25, 0.3) is 0 Å². The molecule has 0 amide bonds. The maximum absolute atomic E-state index is 9.98. The number of aliphatic hydroxyl groups is 1. The van der Waals surface area contributed by atoms with Crippen LogP contribution in [0.3, 0.4) is 0 Å². The van der Waals surface area contributed by atoms with Gasteiger partial charge in [0.15, 0.2) is 0 Å². The van der Waals surface area contributed by atoms with Crippen molar-refractivity contribution in [2.24, 2.45) is 11.6 Å². The zero-order valence-corrected chi connectivity index (χ0v) is 15.4. The second-order valence-electron chi connectivity index (χ2n) is 5.50. The number of aliphatic hydroxyl groups excluding tert-OH is 1. The summed E-state index contributed by atoms with van der Waals surface area (Å²) in [5.41, 5.74) is 10.3. The molecule has 0 radical (unpaired) electrons. The maximum Gasteiger partial charge on any atom is 0.116 e. The van der Waals surface area contributed by atoms with Gasteiger partial charge in [-0.15, -0.1) is 0 Å². The Bertz CT molecular complexity index is 811. The number of benzene rings is 1. The summed E-state index contributed by atoms with van der Waals surface area (Å²) in [5, 5.41) is 11.4. The first-order chi connectivity index (χ1) is 12.4. The lowest BCUT2D eigenvalue weighted by molar-refractivity contribution is 0.513. The summed E-state index contributed by atoms with van der Waals surface area (Å²) >= 11 is 0. The second kappa shape index (κ2) is 9.91. The van der Waals surface area contributed by atoms with E-state index >= 15 is 0 Å². The first-order valence-corrected chi connectivity index (χ1v) is 8.18. The van der Waals surface area contributed by atoms with Crippen LogP contribution in [0.25, 0.3) is 17.9 Å². The van der Waals surface area contributed by atoms with E-state index in [9.17, 15) is 5.11 Å². The van der Waals surface area contributed by atoms with E-state index in [-0.39, 0.29) is 5.76 Å². The predicted octanol–water partition coefficient (Wildman–Crippen LogP) is 5.06. The Balaban J connectivity index is 3.46. The highest BCUT2D eigenvalue weighted by atomic mass is 16.3. The molecule has 0 spiro atoms. The highest BCUT2D eigenvalue weighted by molar-refractivity contribution is 5.79. The quantitative estimate of drug-likeness (QED) is 0.265. The monoisotopic (exact) mass is 349 g/mol. The van der Waals surface area contributed by atoms with Crippen molar-refractivity contribution in [2.75, 3.05) is 5.01 Å². The summed E-state index contributed by atoms with van der Waals surface area (Å²) in [6.45, 7) is 15.0. The number of hydrogen-bond acceptors (Lipinski definition) is 4. The molecule has 0 aliphatic rings. The molecular formula is C22H27N3O. The standard InChI is InChI=1S/C22H27N3O/c1-6-10-18(11-7-2)22(23)15-25(24)19-13-17(9-4)20(12-8-3)21(14-19)16(5)26/h6-15,26H,1,4-5,23-24H2,2-3H3/b11-7-,12-8-,18-10+,22-15-. The van der Waals surface area contributed by atoms with Gasteiger partial charge < -0.3 is 10.8 Å². The normalized spacial score (nSPS) is 12.6. The predicted molar refractivity (Wildman–Crippen MR) is 115 cm³/mol. The fraction of sp³-hybridized carbons (Fsp3) is 0.0909. The SMILES string of the molecule is C=C/C=C(\C=C/C)C(/N)=C/N(N)c1cc(C=C)c(/C=C\C)c(C(=C)O)c1. The van der Waals surface area contributed by atoms with E-state index in [1.165, 1.54) is 5.01 Å². The minimum atomic E-state index is -0.0467. The molecular weight excluding hydrogens is 322 g/mol. The summed E-state index contributed by atoms with van der Waals surface area (Å²) < 4.78 is 0. The van der Waals surface area contributed by atoms with Crippen molar-refractivity contribution in [2.45, 2.75) is 13.8 Å². The van der Waals surface area contributed by atoms with E-state index in [0.29, 0.717) is 16.9 Å². The third-order valence-corrected chi connectivity index (χ3v) is 3.61. The highest BCUT2D eigenvalue weighted by Gasteiger charge is 2.12. The van der Waals surface area contributed by atoms with Gasteiger partial charge in [-0.05, 0) is 42.7 Å². The van der Waals surface area contributed by atoms with Crippen LogP contribution in [0.15, 0.2) is 79.7 Å². The summed E-state index contributed by atoms with van der Waals surface area (Å²) in [5.74, 6) is 6.13. The topological polar surface area (TPSA) is 75.5 Å². The van der Waals surface area contributed by atoms with Crippen LogP contribution in [0.1, 0.15) is 30.5 Å². The molecule has 0 aliphatic carbocycles. The molecule has 0 heterocycles. The average molecular weight is 349 g/mol. The fourth-order valence-corrected chi connectivity index (χ4v) is 2.42. The number of rotatable bonds is 8. The van der Waals surface area contributed by atoms with Gasteiger partial charge in [0.2, 0.25) is 0 Å². The fourth-order valence-electron chi connectivity index (χ4n) is 2.42. The summed E-state index contributed by atoms with van der Waals surface area (Å²) in [6.07, 6.45) is 14.3. The van der Waals surface area contributed by atoms with E-state index < -0.39 is 0 Å². The Morgan fingerprint density at radius 1 is 1.19 bits per heavy atom. The van der Waals surface area contributed by atoms with Gasteiger partial charge >= 0.3 is 0 Å². The van der Waals surface area contributed by atoms with Gasteiger partial charge in [0, 0.05) is 11.8 Å². The molecule has 0 saturated heterocycles. The molecule has 4 heteroatoms. The average Bonchev–Trinajstić information content (AvgIpc) is 2.61. The molecule has 1 rings (SSSR count). The lowest BCUT2D eigenvalue weighted by Gasteiger charge is -2.19. The van der Waals surface area contributed by atoms with Crippen molar-refractivity contribution < 1.29 is 5.11 Å². The molecule has 0 bridgehead atoms. The Labute approximate surface area is 156 Å². The van der Waals surface area contributed by atoms with Gasteiger partial charge in [-0.2, -0.15) is 0 Å². The van der Waals surface area contributed by atoms with Gasteiger partial charge in [-0.3, -0.25) is 5.01 Å². The van der Waals surface area contributed by atoms with E-state index in [2.05, 4.69) is 19.7 Å². The van der Waals surface area contributed by atoms with Crippen LogP contribution in [0.2, 0.25) is 0 Å². The second-order valence-corrected chi connectivity index (χ2v) is 5.50. The van der Waals surface area contributed by atoms with Crippen LogP contribution in [0.5, 0.6) is 0 Å². The van der Waals surface area contributed by atoms with Crippen molar-refractivity contribution in [1.29, 1.82) is 0 Å². The molecule has 0 fully saturated rings. The number of nitrogens with zero attached hydrogens (tertiary/aromatic N) is 1. The number of allylic oxidation sites excluding steroid dienone is 5. The Morgan fingerprint density at radius 2 is 1.88 bits per heavy atom. The van der Waals surface area contributed by atoms with Crippen molar-refractivity contribution in [3.8, 4) is 0 Å². The number of nitrogens with two attached hydrogens (primary N) is 2. The lowest BCUT2D eigenvalue weighted by atomic mass is 9.98. The molecule has 1 aromatic carbocycles. The maximum atomic E-state index is 9.98. The zero-order valence-electron chi connectivity index (χ0n) is 15.4. The van der Waals surface area contributed by atoms with Gasteiger partial charge in [-0.1, -0.05) is 62.3 Å². The Hall–Kier alpha value is -3.24. The minimum Gasteiger partial charge on any atom is -0.508 e. The Morgan fingerprint density at radius 3 is 2.38 bits per heavy atom. The summed E-state index contributed by atoms with van der Waals surface area (Å²) in [7, 11) is 0. The largest absolute Gasteiger partial charge is 0.508 e. The van der Waals surface area contributed by atoms with Crippen molar-refractivity contribution in [3.63, 3.8) is 0 Å². The van der Waals surface area contributed by atoms with E-state index in [0.717, 1.165) is 16.7 Å². The molecule has 0 aliphatic heterocycles. The molecule has 0 aromatic heterocycles. The van der Waals surface area contributed by atoms with Crippen molar-refractivity contribution in [3.05, 3.63) is 96.4 Å².